The molecule has 3 aliphatic rings. The first kappa shape index (κ1) is 30.4. The van der Waals surface area contributed by atoms with Crippen molar-refractivity contribution < 1.29 is 41.8 Å². The number of nitrogens with two attached hydrogens (primary N) is 2. The molecule has 10 atom stereocenters. The zero-order valence-electron chi connectivity index (χ0n) is 22.7. The number of aryl methyl sites for hydroxylation is 1. The normalized spacial score (nSPS) is 38.0. The SMILES string of the molecule is Cc1ccc(N)c2ncn([C@@H]3C[C@@H]4OP(O)(=S)O[C@H]5[C@@H](F)[C@H](n6cnc7c(N)ncnc76)O[C@@H]5COP(=O)(S)O[C@@H]3[C@@H]4O)c12. The molecule has 1 saturated carbocycles. The third-order valence-electron chi connectivity index (χ3n) is 7.99. The summed E-state index contributed by atoms with van der Waals surface area (Å²) in [6.45, 7) is -7.19. The lowest BCUT2D eigenvalue weighted by Gasteiger charge is -2.30. The van der Waals surface area contributed by atoms with Crippen LogP contribution in [0.4, 0.5) is 15.9 Å². The monoisotopic (exact) mass is 688 g/mol. The van der Waals surface area contributed by atoms with Crippen LogP contribution in [0.2, 0.25) is 0 Å². The van der Waals surface area contributed by atoms with E-state index in [-0.39, 0.29) is 23.4 Å². The lowest BCUT2D eigenvalue weighted by atomic mass is 10.1. The van der Waals surface area contributed by atoms with E-state index in [1.54, 1.807) is 10.6 Å². The summed E-state index contributed by atoms with van der Waals surface area (Å²) in [5, 5.41) is 11.3. The molecule has 1 aliphatic carbocycles. The number of aliphatic hydroxyl groups excluding tert-OH is 1. The molecule has 2 unspecified atom stereocenters. The Morgan fingerprint density at radius 1 is 1.07 bits per heavy atom. The molecule has 6 N–H and O–H groups in total. The number of nitrogens with zero attached hydrogens (tertiary/aromatic N) is 6. The molecule has 3 aromatic heterocycles. The van der Waals surface area contributed by atoms with E-state index in [0.29, 0.717) is 16.7 Å². The largest absolute Gasteiger partial charge is 0.397 e. The van der Waals surface area contributed by atoms with Crippen LogP contribution in [0.25, 0.3) is 22.2 Å². The van der Waals surface area contributed by atoms with E-state index < -0.39 is 69.1 Å². The highest BCUT2D eigenvalue weighted by atomic mass is 32.7. The van der Waals surface area contributed by atoms with Crippen molar-refractivity contribution in [2.45, 2.75) is 62.3 Å². The number of fused-ring (bicyclic) bond motifs is 5. The summed E-state index contributed by atoms with van der Waals surface area (Å²) in [6.07, 6.45) is -6.09. The van der Waals surface area contributed by atoms with E-state index in [0.717, 1.165) is 5.56 Å². The summed E-state index contributed by atoms with van der Waals surface area (Å²) in [6, 6.07) is 2.80. The number of nitrogen functional groups attached to an aromatic ring is 2. The molecule has 0 spiro atoms. The minimum atomic E-state index is -4.25. The zero-order valence-corrected chi connectivity index (χ0v) is 26.2. The van der Waals surface area contributed by atoms with Gasteiger partial charge in [0.15, 0.2) is 23.9 Å². The Balaban J connectivity index is 1.22. The van der Waals surface area contributed by atoms with Gasteiger partial charge in [-0.2, -0.15) is 0 Å². The van der Waals surface area contributed by atoms with Gasteiger partial charge in [-0.1, -0.05) is 18.3 Å². The standard InChI is InChI=1S/C23H27FN8O8P2S2/c1-9-2-3-10(25)15-17(9)31(7-29-15)11-4-12-18(33)19(11)39-41(34,43)36-5-13-20(40-42(35,44)38-12)14(24)23(37-13)32-8-30-16-21(26)27-6-28-22(16)32/h2-3,6-8,11-14,18-20,23,33H,4-5,25H2,1H3,(H,34,43)(H,35,44)(H2,26,27,28)/t11-,12+,13-,14-,18-,19+,20-,23-,41?,42?/m1/s1. The average Bonchev–Trinajstić information content (AvgIpc) is 3.72. The number of imidazole rings is 2. The molecule has 16 nitrogen and oxygen atoms in total. The Morgan fingerprint density at radius 2 is 1.82 bits per heavy atom. The van der Waals surface area contributed by atoms with Crippen LogP contribution in [-0.2, 0) is 39.2 Å². The number of hydrogen-bond acceptors (Lipinski definition) is 14. The minimum Gasteiger partial charge on any atom is -0.397 e. The summed E-state index contributed by atoms with van der Waals surface area (Å²) in [5.74, 6) is 0.0786. The van der Waals surface area contributed by atoms with Crippen LogP contribution in [0.15, 0.2) is 31.1 Å². The summed E-state index contributed by atoms with van der Waals surface area (Å²) in [5.41, 5.74) is 14.8. The molecule has 3 fully saturated rings. The highest BCUT2D eigenvalue weighted by Crippen LogP contribution is 2.60. The van der Waals surface area contributed by atoms with Crippen molar-refractivity contribution in [1.29, 1.82) is 0 Å². The van der Waals surface area contributed by atoms with Crippen molar-refractivity contribution in [2.24, 2.45) is 0 Å². The molecule has 236 valence electrons. The predicted octanol–water partition coefficient (Wildman–Crippen LogP) is 2.33. The third kappa shape index (κ3) is 5.13. The fourth-order valence-corrected chi connectivity index (χ4v) is 9.27. The molecule has 2 saturated heterocycles. The van der Waals surface area contributed by atoms with Crippen molar-refractivity contribution in [1.82, 2.24) is 29.1 Å². The van der Waals surface area contributed by atoms with Crippen molar-refractivity contribution in [3.8, 4) is 0 Å². The number of ether oxygens (including phenoxy) is 1. The molecular formula is C23H27FN8O8P2S2. The van der Waals surface area contributed by atoms with E-state index in [1.165, 1.54) is 23.5 Å². The van der Waals surface area contributed by atoms with Crippen molar-refractivity contribution >= 4 is 71.3 Å². The number of halogens is 1. The third-order valence-corrected chi connectivity index (χ3v) is 11.2. The van der Waals surface area contributed by atoms with Gasteiger partial charge < -0.3 is 35.3 Å². The van der Waals surface area contributed by atoms with Crippen molar-refractivity contribution in [3.63, 3.8) is 0 Å². The molecule has 7 rings (SSSR count). The molecule has 21 heteroatoms. The average molecular weight is 689 g/mol. The molecular weight excluding hydrogens is 661 g/mol. The zero-order chi connectivity index (χ0) is 31.1. The summed E-state index contributed by atoms with van der Waals surface area (Å²) < 4.78 is 61.4. The molecule has 4 aromatic rings. The maximum atomic E-state index is 16.1. The molecule has 2 bridgehead atoms. The smallest absolute Gasteiger partial charge is 0.386 e. The minimum absolute atomic E-state index is 0.00997. The number of aliphatic hydroxyl groups is 1. The predicted molar refractivity (Wildman–Crippen MR) is 161 cm³/mol. The molecule has 0 amide bonds. The van der Waals surface area contributed by atoms with Gasteiger partial charge in [-0.25, -0.2) is 28.9 Å². The van der Waals surface area contributed by atoms with Crippen molar-refractivity contribution in [2.75, 3.05) is 18.1 Å². The summed E-state index contributed by atoms with van der Waals surface area (Å²) in [7, 11) is 0. The van der Waals surface area contributed by atoms with Crippen LogP contribution in [0.3, 0.4) is 0 Å². The van der Waals surface area contributed by atoms with E-state index in [4.69, 9.17) is 46.1 Å². The van der Waals surface area contributed by atoms with Gasteiger partial charge in [0.1, 0.15) is 41.8 Å². The number of alkyl halides is 1. The maximum Gasteiger partial charge on any atom is 0.386 e. The van der Waals surface area contributed by atoms with Crippen LogP contribution >= 0.6 is 25.8 Å². The highest BCUT2D eigenvalue weighted by Gasteiger charge is 2.54. The number of benzene rings is 1. The quantitative estimate of drug-likeness (QED) is 0.116. The first-order chi connectivity index (χ1) is 20.8. The van der Waals surface area contributed by atoms with E-state index in [2.05, 4.69) is 32.2 Å². The molecule has 0 radical (unpaired) electrons. The fraction of sp³-hybridized carbons (Fsp3) is 0.478. The first-order valence-corrected chi connectivity index (χ1v) is 18.6. The summed E-state index contributed by atoms with van der Waals surface area (Å²) >= 11 is 9.44. The number of thiol groups is 1. The van der Waals surface area contributed by atoms with E-state index >= 15 is 4.39 Å². The second kappa shape index (κ2) is 10.9. The van der Waals surface area contributed by atoms with Gasteiger partial charge >= 0.3 is 13.5 Å². The second-order valence-electron chi connectivity index (χ2n) is 10.7. The fourth-order valence-electron chi connectivity index (χ4n) is 5.98. The van der Waals surface area contributed by atoms with Crippen molar-refractivity contribution in [3.05, 3.63) is 36.7 Å². The van der Waals surface area contributed by atoms with Gasteiger partial charge in [-0.05, 0) is 30.4 Å². The van der Waals surface area contributed by atoms with Crippen LogP contribution in [-0.4, -0.2) is 82.4 Å². The Kier molecular flexibility index (Phi) is 7.54. The number of rotatable bonds is 2. The summed E-state index contributed by atoms with van der Waals surface area (Å²) in [4.78, 5) is 27.7. The van der Waals surface area contributed by atoms with Gasteiger partial charge in [-0.3, -0.25) is 18.1 Å². The molecule has 44 heavy (non-hydrogen) atoms. The van der Waals surface area contributed by atoms with Crippen LogP contribution in [0.5, 0.6) is 0 Å². The van der Waals surface area contributed by atoms with Gasteiger partial charge in [0.05, 0.1) is 42.6 Å². The van der Waals surface area contributed by atoms with Crippen LogP contribution in [0, 0.1) is 6.92 Å². The Hall–Kier alpha value is -2.28. The van der Waals surface area contributed by atoms with Crippen LogP contribution in [0.1, 0.15) is 24.3 Å². The van der Waals surface area contributed by atoms with Gasteiger partial charge in [0, 0.05) is 6.42 Å². The van der Waals surface area contributed by atoms with Gasteiger partial charge in [0.25, 0.3) is 0 Å². The molecule has 1 aromatic carbocycles. The molecule has 2 aliphatic heterocycles. The lowest BCUT2D eigenvalue weighted by Crippen LogP contribution is -2.37. The van der Waals surface area contributed by atoms with Gasteiger partial charge in [0.2, 0.25) is 0 Å². The first-order valence-electron chi connectivity index (χ1n) is 13.3. The maximum absolute atomic E-state index is 16.1. The number of hydrogen-bond donors (Lipinski definition) is 5. The lowest BCUT2D eigenvalue weighted by molar-refractivity contribution is -0.0539. The number of anilines is 2. The highest BCUT2D eigenvalue weighted by molar-refractivity contribution is 8.44. The van der Waals surface area contributed by atoms with Gasteiger partial charge in [-0.15, -0.1) is 0 Å². The van der Waals surface area contributed by atoms with Crippen LogP contribution < -0.4 is 11.5 Å². The topological polar surface area (TPSA) is 217 Å². The van der Waals surface area contributed by atoms with E-state index in [1.807, 2.05) is 13.0 Å². The Labute approximate surface area is 258 Å². The molecule has 5 heterocycles. The van der Waals surface area contributed by atoms with E-state index in [9.17, 15) is 14.6 Å². The Bertz CT molecular complexity index is 1870. The Morgan fingerprint density at radius 3 is 2.61 bits per heavy atom. The second-order valence-corrected chi connectivity index (χ2v) is 16.3. The number of aromatic nitrogens is 6.